The van der Waals surface area contributed by atoms with Gasteiger partial charge in [0.2, 0.25) is 0 Å². The molecule has 0 aromatic carbocycles. The van der Waals surface area contributed by atoms with Crippen LogP contribution in [0.4, 0.5) is 4.79 Å². The van der Waals surface area contributed by atoms with E-state index >= 15 is 0 Å². The number of hydrogen-bond donors (Lipinski definition) is 0. The van der Waals surface area contributed by atoms with Crippen LogP contribution in [0.5, 0.6) is 0 Å². The Morgan fingerprint density at radius 2 is 2.00 bits per heavy atom. The maximum Gasteiger partial charge on any atom is 0.410 e. The highest BCUT2D eigenvalue weighted by Gasteiger charge is 2.30. The summed E-state index contributed by atoms with van der Waals surface area (Å²) in [6, 6.07) is 0. The van der Waals surface area contributed by atoms with E-state index in [1.54, 1.807) is 11.8 Å². The average Bonchev–Trinajstić information content (AvgIpc) is 2.73. The Bertz CT molecular complexity index is 323. The van der Waals surface area contributed by atoms with E-state index in [0.717, 1.165) is 0 Å². The van der Waals surface area contributed by atoms with Crippen molar-refractivity contribution in [3.8, 4) is 0 Å². The van der Waals surface area contributed by atoms with Crippen molar-refractivity contribution in [3.05, 3.63) is 0 Å². The van der Waals surface area contributed by atoms with Gasteiger partial charge in [0.15, 0.2) is 0 Å². The lowest BCUT2D eigenvalue weighted by molar-refractivity contribution is -0.150. The average molecular weight is 273 g/mol. The highest BCUT2D eigenvalue weighted by molar-refractivity contribution is 5.70. The van der Waals surface area contributed by atoms with E-state index in [9.17, 15) is 9.59 Å². The summed E-state index contributed by atoms with van der Waals surface area (Å²) in [4.78, 5) is 24.6. The molecule has 110 valence electrons. The SMILES string of the molecule is CCOC(=O)CO[C@H]1CCN(C(=O)OC(C)(C)C)C1. The molecule has 1 fully saturated rings. The molecule has 0 saturated carbocycles. The minimum Gasteiger partial charge on any atom is -0.464 e. The molecule has 1 amide bonds. The normalized spacial score (nSPS) is 19.4. The van der Waals surface area contributed by atoms with Gasteiger partial charge in [0.25, 0.3) is 0 Å². The summed E-state index contributed by atoms with van der Waals surface area (Å²) >= 11 is 0. The molecule has 1 aliphatic rings. The summed E-state index contributed by atoms with van der Waals surface area (Å²) < 4.78 is 15.5. The van der Waals surface area contributed by atoms with E-state index in [4.69, 9.17) is 14.2 Å². The lowest BCUT2D eigenvalue weighted by atomic mass is 10.2. The molecular weight excluding hydrogens is 250 g/mol. The van der Waals surface area contributed by atoms with Gasteiger partial charge in [0.1, 0.15) is 12.2 Å². The molecule has 0 aromatic heterocycles. The number of carbonyl (C=O) groups excluding carboxylic acids is 2. The van der Waals surface area contributed by atoms with Gasteiger partial charge in [0, 0.05) is 6.54 Å². The van der Waals surface area contributed by atoms with Gasteiger partial charge in [0.05, 0.1) is 19.3 Å². The number of amides is 1. The summed E-state index contributed by atoms with van der Waals surface area (Å²) in [7, 11) is 0. The van der Waals surface area contributed by atoms with Crippen molar-refractivity contribution in [2.24, 2.45) is 0 Å². The molecule has 1 aliphatic heterocycles. The zero-order valence-corrected chi connectivity index (χ0v) is 12.1. The summed E-state index contributed by atoms with van der Waals surface area (Å²) in [5.41, 5.74) is -0.499. The number of ether oxygens (including phenoxy) is 3. The highest BCUT2D eigenvalue weighted by Crippen LogP contribution is 2.17. The minimum absolute atomic E-state index is 0.0688. The van der Waals surface area contributed by atoms with Crippen molar-refractivity contribution in [1.29, 1.82) is 0 Å². The first-order valence-electron chi connectivity index (χ1n) is 6.57. The van der Waals surface area contributed by atoms with Crippen LogP contribution in [-0.4, -0.2) is 55.0 Å². The molecule has 6 heteroatoms. The third-order valence-electron chi connectivity index (χ3n) is 2.54. The molecule has 0 spiro atoms. The molecule has 6 nitrogen and oxygen atoms in total. The number of hydrogen-bond acceptors (Lipinski definition) is 5. The molecule has 0 N–H and O–H groups in total. The monoisotopic (exact) mass is 273 g/mol. The van der Waals surface area contributed by atoms with Crippen LogP contribution in [0.3, 0.4) is 0 Å². The van der Waals surface area contributed by atoms with Crippen molar-refractivity contribution in [3.63, 3.8) is 0 Å². The van der Waals surface area contributed by atoms with E-state index in [-0.39, 0.29) is 24.8 Å². The van der Waals surface area contributed by atoms with Crippen molar-refractivity contribution in [2.45, 2.75) is 45.8 Å². The third-order valence-corrected chi connectivity index (χ3v) is 2.54. The first kappa shape index (κ1) is 15.8. The number of esters is 1. The first-order valence-corrected chi connectivity index (χ1v) is 6.57. The van der Waals surface area contributed by atoms with Gasteiger partial charge in [-0.15, -0.1) is 0 Å². The summed E-state index contributed by atoms with van der Waals surface area (Å²) in [6.07, 6.45) is 0.241. The van der Waals surface area contributed by atoms with Gasteiger partial charge in [-0.05, 0) is 34.1 Å². The van der Waals surface area contributed by atoms with Crippen LogP contribution < -0.4 is 0 Å². The Kier molecular flexibility index (Phi) is 5.60. The predicted molar refractivity (Wildman–Crippen MR) is 68.8 cm³/mol. The summed E-state index contributed by atoms with van der Waals surface area (Å²) in [5, 5.41) is 0. The van der Waals surface area contributed by atoms with Gasteiger partial charge in [-0.2, -0.15) is 0 Å². The Morgan fingerprint density at radius 3 is 2.58 bits per heavy atom. The van der Waals surface area contributed by atoms with E-state index in [1.807, 2.05) is 20.8 Å². The molecule has 0 radical (unpaired) electrons. The van der Waals surface area contributed by atoms with Gasteiger partial charge < -0.3 is 19.1 Å². The van der Waals surface area contributed by atoms with E-state index in [0.29, 0.717) is 26.1 Å². The van der Waals surface area contributed by atoms with E-state index < -0.39 is 5.60 Å². The Balaban J connectivity index is 2.29. The van der Waals surface area contributed by atoms with E-state index in [2.05, 4.69) is 0 Å². The Hall–Kier alpha value is -1.30. The molecule has 1 rings (SSSR count). The van der Waals surface area contributed by atoms with Gasteiger partial charge in [-0.25, -0.2) is 9.59 Å². The molecule has 0 bridgehead atoms. The highest BCUT2D eigenvalue weighted by atomic mass is 16.6. The van der Waals surface area contributed by atoms with Gasteiger partial charge in [-0.1, -0.05) is 0 Å². The van der Waals surface area contributed by atoms with E-state index in [1.165, 1.54) is 0 Å². The predicted octanol–water partition coefficient (Wildman–Crippen LogP) is 1.58. The fourth-order valence-corrected chi connectivity index (χ4v) is 1.75. The Labute approximate surface area is 114 Å². The van der Waals surface area contributed by atoms with Crippen LogP contribution in [0.15, 0.2) is 0 Å². The smallest absolute Gasteiger partial charge is 0.410 e. The third kappa shape index (κ3) is 5.92. The minimum atomic E-state index is -0.499. The molecule has 0 aliphatic carbocycles. The van der Waals surface area contributed by atoms with Crippen molar-refractivity contribution < 1.29 is 23.8 Å². The summed E-state index contributed by atoms with van der Waals surface area (Å²) in [5.74, 6) is -0.377. The maximum absolute atomic E-state index is 11.8. The quantitative estimate of drug-likeness (QED) is 0.727. The van der Waals surface area contributed by atoms with Gasteiger partial charge in [-0.3, -0.25) is 0 Å². The molecule has 19 heavy (non-hydrogen) atoms. The molecule has 0 aromatic rings. The van der Waals surface area contributed by atoms with Crippen LogP contribution in [0.2, 0.25) is 0 Å². The topological polar surface area (TPSA) is 65.1 Å². The van der Waals surface area contributed by atoms with Gasteiger partial charge >= 0.3 is 12.1 Å². The second-order valence-corrected chi connectivity index (χ2v) is 5.45. The maximum atomic E-state index is 11.8. The molecule has 0 unspecified atom stereocenters. The van der Waals surface area contributed by atoms with Crippen molar-refractivity contribution in [2.75, 3.05) is 26.3 Å². The van der Waals surface area contributed by atoms with Crippen molar-refractivity contribution in [1.82, 2.24) is 4.90 Å². The molecule has 1 heterocycles. The fourth-order valence-electron chi connectivity index (χ4n) is 1.75. The van der Waals surface area contributed by atoms with Crippen LogP contribution >= 0.6 is 0 Å². The lowest BCUT2D eigenvalue weighted by Crippen LogP contribution is -2.36. The molecule has 1 saturated heterocycles. The van der Waals surface area contributed by atoms with Crippen LogP contribution in [0.1, 0.15) is 34.1 Å². The first-order chi connectivity index (χ1) is 8.81. The number of nitrogens with zero attached hydrogens (tertiary/aromatic N) is 1. The standard InChI is InChI=1S/C13H23NO5/c1-5-17-11(15)9-18-10-6-7-14(8-10)12(16)19-13(2,3)4/h10H,5-9H2,1-4H3/t10-/m0/s1. The molecular formula is C13H23NO5. The number of carbonyl (C=O) groups is 2. The number of rotatable bonds is 4. The Morgan fingerprint density at radius 1 is 1.32 bits per heavy atom. The fraction of sp³-hybridized carbons (Fsp3) is 0.846. The second-order valence-electron chi connectivity index (χ2n) is 5.45. The number of likely N-dealkylation sites (tertiary alicyclic amines) is 1. The van der Waals surface area contributed by atoms with Crippen LogP contribution in [-0.2, 0) is 19.0 Å². The van der Waals surface area contributed by atoms with Crippen LogP contribution in [0, 0.1) is 0 Å². The van der Waals surface area contributed by atoms with Crippen molar-refractivity contribution >= 4 is 12.1 Å². The zero-order valence-electron chi connectivity index (χ0n) is 12.1. The summed E-state index contributed by atoms with van der Waals surface area (Å²) in [6.45, 7) is 8.55. The largest absolute Gasteiger partial charge is 0.464 e. The lowest BCUT2D eigenvalue weighted by Gasteiger charge is -2.24. The molecule has 1 atom stereocenters. The van der Waals surface area contributed by atoms with Crippen LogP contribution in [0.25, 0.3) is 0 Å². The zero-order chi connectivity index (χ0) is 14.5. The second kappa shape index (κ2) is 6.75.